The van der Waals surface area contributed by atoms with Gasteiger partial charge in [-0.2, -0.15) is 5.26 Å². The van der Waals surface area contributed by atoms with Crippen LogP contribution in [-0.4, -0.2) is 26.2 Å². The molecule has 0 aliphatic heterocycles. The Morgan fingerprint density at radius 2 is 2.14 bits per heavy atom. The van der Waals surface area contributed by atoms with Crippen LogP contribution in [0.2, 0.25) is 0 Å². The summed E-state index contributed by atoms with van der Waals surface area (Å²) in [6.45, 7) is 0.843. The van der Waals surface area contributed by atoms with Gasteiger partial charge in [0.2, 0.25) is 5.91 Å². The highest BCUT2D eigenvalue weighted by Crippen LogP contribution is 2.28. The summed E-state index contributed by atoms with van der Waals surface area (Å²) in [6, 6.07) is 7.04. The second-order valence-corrected chi connectivity index (χ2v) is 4.79. The van der Waals surface area contributed by atoms with Gasteiger partial charge in [-0.05, 0) is 31.0 Å². The SMILES string of the molecule is COCCOc1ccc(C#N)cc1NC(=O)C1CC=CC1. The molecule has 0 saturated heterocycles. The fourth-order valence-electron chi connectivity index (χ4n) is 2.12. The van der Waals surface area contributed by atoms with Crippen molar-refractivity contribution >= 4 is 11.6 Å². The maximum atomic E-state index is 12.2. The predicted octanol–water partition coefficient (Wildman–Crippen LogP) is 2.49. The van der Waals surface area contributed by atoms with E-state index in [4.69, 9.17) is 14.7 Å². The van der Waals surface area contributed by atoms with E-state index in [1.165, 1.54) is 0 Å². The monoisotopic (exact) mass is 286 g/mol. The molecule has 0 bridgehead atoms. The van der Waals surface area contributed by atoms with E-state index in [0.717, 1.165) is 12.8 Å². The topological polar surface area (TPSA) is 71.3 Å². The molecular weight excluding hydrogens is 268 g/mol. The van der Waals surface area contributed by atoms with Crippen LogP contribution in [0.1, 0.15) is 18.4 Å². The first-order valence-corrected chi connectivity index (χ1v) is 6.86. The molecule has 0 saturated carbocycles. The summed E-state index contributed by atoms with van der Waals surface area (Å²) in [4.78, 5) is 12.2. The zero-order valence-corrected chi connectivity index (χ0v) is 12.0. The minimum absolute atomic E-state index is 0.0393. The summed E-state index contributed by atoms with van der Waals surface area (Å²) in [5.74, 6) is 0.458. The average Bonchev–Trinajstić information content (AvgIpc) is 3.03. The van der Waals surface area contributed by atoms with Crippen LogP contribution < -0.4 is 10.1 Å². The molecule has 0 atom stereocenters. The number of allylic oxidation sites excluding steroid dienone is 2. The molecule has 0 fully saturated rings. The van der Waals surface area contributed by atoms with Crippen molar-refractivity contribution < 1.29 is 14.3 Å². The fraction of sp³-hybridized carbons (Fsp3) is 0.375. The Hall–Kier alpha value is -2.32. The number of anilines is 1. The standard InChI is InChI=1S/C16H18N2O3/c1-20-8-9-21-15-7-6-12(11-17)10-14(15)18-16(19)13-4-2-3-5-13/h2-3,6-7,10,13H,4-5,8-9H2,1H3,(H,18,19). The molecule has 0 radical (unpaired) electrons. The summed E-state index contributed by atoms with van der Waals surface area (Å²) < 4.78 is 10.5. The number of benzene rings is 1. The lowest BCUT2D eigenvalue weighted by Gasteiger charge is -2.15. The number of ether oxygens (including phenoxy) is 2. The van der Waals surface area contributed by atoms with Gasteiger partial charge in [-0.15, -0.1) is 0 Å². The number of nitrogens with zero attached hydrogens (tertiary/aromatic N) is 1. The third kappa shape index (κ3) is 4.07. The molecular formula is C16H18N2O3. The number of methoxy groups -OCH3 is 1. The van der Waals surface area contributed by atoms with Crippen molar-refractivity contribution in [3.63, 3.8) is 0 Å². The maximum absolute atomic E-state index is 12.2. The molecule has 21 heavy (non-hydrogen) atoms. The lowest BCUT2D eigenvalue weighted by atomic mass is 10.1. The van der Waals surface area contributed by atoms with Crippen LogP contribution in [0.4, 0.5) is 5.69 Å². The lowest BCUT2D eigenvalue weighted by molar-refractivity contribution is -0.119. The van der Waals surface area contributed by atoms with Gasteiger partial charge in [0.1, 0.15) is 12.4 Å². The van der Waals surface area contributed by atoms with E-state index in [1.807, 2.05) is 12.2 Å². The van der Waals surface area contributed by atoms with Crippen LogP contribution in [0, 0.1) is 17.2 Å². The molecule has 1 aromatic rings. The highest BCUT2D eigenvalue weighted by atomic mass is 16.5. The third-order valence-electron chi connectivity index (χ3n) is 3.29. The van der Waals surface area contributed by atoms with Crippen molar-refractivity contribution in [2.24, 2.45) is 5.92 Å². The summed E-state index contributed by atoms with van der Waals surface area (Å²) in [5.41, 5.74) is 1.01. The lowest BCUT2D eigenvalue weighted by Crippen LogP contribution is -2.21. The number of carbonyl (C=O) groups excluding carboxylic acids is 1. The molecule has 0 unspecified atom stereocenters. The molecule has 0 heterocycles. The van der Waals surface area contributed by atoms with Crippen molar-refractivity contribution in [1.82, 2.24) is 0 Å². The molecule has 0 aromatic heterocycles. The van der Waals surface area contributed by atoms with Gasteiger partial charge in [0.25, 0.3) is 0 Å². The Labute approximate surface area is 124 Å². The highest BCUT2D eigenvalue weighted by Gasteiger charge is 2.20. The molecule has 110 valence electrons. The van der Waals surface area contributed by atoms with Crippen LogP contribution in [0.15, 0.2) is 30.4 Å². The molecule has 1 amide bonds. The van der Waals surface area contributed by atoms with Gasteiger partial charge < -0.3 is 14.8 Å². The number of amides is 1. The minimum Gasteiger partial charge on any atom is -0.489 e. The van der Waals surface area contributed by atoms with Gasteiger partial charge in [-0.3, -0.25) is 4.79 Å². The molecule has 2 rings (SSSR count). The Morgan fingerprint density at radius 1 is 1.38 bits per heavy atom. The fourth-order valence-corrected chi connectivity index (χ4v) is 2.12. The Kier molecular flexibility index (Phi) is 5.35. The van der Waals surface area contributed by atoms with Crippen molar-refractivity contribution in [3.05, 3.63) is 35.9 Å². The second kappa shape index (κ2) is 7.46. The number of hydrogen-bond acceptors (Lipinski definition) is 4. The van der Waals surface area contributed by atoms with Crippen LogP contribution in [-0.2, 0) is 9.53 Å². The van der Waals surface area contributed by atoms with E-state index in [2.05, 4.69) is 11.4 Å². The van der Waals surface area contributed by atoms with Gasteiger partial charge in [0.15, 0.2) is 0 Å². The summed E-state index contributed by atoms with van der Waals surface area (Å²) in [6.07, 6.45) is 5.52. The van der Waals surface area contributed by atoms with E-state index in [1.54, 1.807) is 25.3 Å². The Balaban J connectivity index is 2.10. The van der Waals surface area contributed by atoms with Crippen LogP contribution in [0.5, 0.6) is 5.75 Å². The van der Waals surface area contributed by atoms with E-state index in [-0.39, 0.29) is 11.8 Å². The molecule has 1 aliphatic carbocycles. The predicted molar refractivity (Wildman–Crippen MR) is 79.0 cm³/mol. The van der Waals surface area contributed by atoms with Crippen molar-refractivity contribution in [1.29, 1.82) is 5.26 Å². The van der Waals surface area contributed by atoms with Gasteiger partial charge >= 0.3 is 0 Å². The van der Waals surface area contributed by atoms with Gasteiger partial charge in [-0.25, -0.2) is 0 Å². The van der Waals surface area contributed by atoms with E-state index < -0.39 is 0 Å². The normalized spacial score (nSPS) is 13.9. The first kappa shape index (κ1) is 15.1. The molecule has 1 N–H and O–H groups in total. The first-order valence-electron chi connectivity index (χ1n) is 6.86. The zero-order valence-electron chi connectivity index (χ0n) is 12.0. The molecule has 0 spiro atoms. The van der Waals surface area contributed by atoms with Gasteiger partial charge in [0, 0.05) is 13.0 Å². The maximum Gasteiger partial charge on any atom is 0.228 e. The number of hydrogen-bond donors (Lipinski definition) is 1. The molecule has 5 heteroatoms. The Morgan fingerprint density at radius 3 is 2.81 bits per heavy atom. The van der Waals surface area contributed by atoms with E-state index >= 15 is 0 Å². The van der Waals surface area contributed by atoms with Gasteiger partial charge in [0.05, 0.1) is 23.9 Å². The van der Waals surface area contributed by atoms with Crippen LogP contribution in [0.3, 0.4) is 0 Å². The summed E-state index contributed by atoms with van der Waals surface area (Å²) >= 11 is 0. The van der Waals surface area contributed by atoms with Crippen LogP contribution in [0.25, 0.3) is 0 Å². The molecule has 1 aromatic carbocycles. The van der Waals surface area contributed by atoms with Gasteiger partial charge in [-0.1, -0.05) is 12.2 Å². The third-order valence-corrected chi connectivity index (χ3v) is 3.29. The number of nitrogens with one attached hydrogen (secondary N) is 1. The van der Waals surface area contributed by atoms with E-state index in [9.17, 15) is 4.79 Å². The number of nitriles is 1. The Bertz CT molecular complexity index is 567. The number of rotatable bonds is 6. The van der Waals surface area contributed by atoms with Crippen molar-refractivity contribution in [3.8, 4) is 11.8 Å². The molecule has 1 aliphatic rings. The minimum atomic E-state index is -0.0494. The van der Waals surface area contributed by atoms with Crippen molar-refractivity contribution in [2.45, 2.75) is 12.8 Å². The van der Waals surface area contributed by atoms with E-state index in [0.29, 0.717) is 30.2 Å². The summed E-state index contributed by atoms with van der Waals surface area (Å²) in [5, 5.41) is 11.8. The quantitative estimate of drug-likeness (QED) is 0.644. The number of carbonyl (C=O) groups is 1. The largest absolute Gasteiger partial charge is 0.489 e. The molecule has 5 nitrogen and oxygen atoms in total. The average molecular weight is 286 g/mol. The van der Waals surface area contributed by atoms with Crippen LogP contribution >= 0.6 is 0 Å². The summed E-state index contributed by atoms with van der Waals surface area (Å²) in [7, 11) is 1.60. The highest BCUT2D eigenvalue weighted by molar-refractivity contribution is 5.94. The zero-order chi connectivity index (χ0) is 15.1. The van der Waals surface area contributed by atoms with Crippen molar-refractivity contribution in [2.75, 3.05) is 25.6 Å². The first-order chi connectivity index (χ1) is 10.2. The second-order valence-electron chi connectivity index (χ2n) is 4.79. The smallest absolute Gasteiger partial charge is 0.228 e.